The van der Waals surface area contributed by atoms with E-state index in [1.165, 1.54) is 0 Å². The van der Waals surface area contributed by atoms with Gasteiger partial charge >= 0.3 is 11.9 Å². The maximum atomic E-state index is 12.0. The molecule has 1 aromatic carbocycles. The standard InChI is InChI=1S/C15H14O5/c16-8-11-10-6-14(17)19-12(10)7-13(11)20-15(18)9-4-2-1-3-5-9/h1-5,8,10-13H,6-7H2/t10-,11+,12+,13-/m1/s1. The molecule has 0 N–H and O–H groups in total. The summed E-state index contributed by atoms with van der Waals surface area (Å²) in [5.41, 5.74) is 0.450. The highest BCUT2D eigenvalue weighted by Crippen LogP contribution is 2.41. The largest absolute Gasteiger partial charge is 0.462 e. The minimum absolute atomic E-state index is 0.159. The molecule has 1 aromatic rings. The predicted octanol–water partition coefficient (Wildman–Crippen LogP) is 1.36. The van der Waals surface area contributed by atoms with Crippen LogP contribution in [0.5, 0.6) is 0 Å². The average molecular weight is 274 g/mol. The molecule has 3 rings (SSSR count). The zero-order valence-electron chi connectivity index (χ0n) is 10.7. The van der Waals surface area contributed by atoms with E-state index in [0.29, 0.717) is 12.0 Å². The van der Waals surface area contributed by atoms with Crippen molar-refractivity contribution in [1.82, 2.24) is 0 Å². The lowest BCUT2D eigenvalue weighted by Gasteiger charge is -2.17. The van der Waals surface area contributed by atoms with Gasteiger partial charge in [-0.15, -0.1) is 0 Å². The van der Waals surface area contributed by atoms with Crippen molar-refractivity contribution in [2.45, 2.75) is 25.0 Å². The minimum atomic E-state index is -0.511. The van der Waals surface area contributed by atoms with E-state index >= 15 is 0 Å². The summed E-state index contributed by atoms with van der Waals surface area (Å²) in [4.78, 5) is 34.4. The average Bonchev–Trinajstić information content (AvgIpc) is 2.95. The first kappa shape index (κ1) is 12.8. The molecule has 20 heavy (non-hydrogen) atoms. The molecule has 0 spiro atoms. The highest BCUT2D eigenvalue weighted by atomic mass is 16.6. The molecule has 0 amide bonds. The summed E-state index contributed by atoms with van der Waals surface area (Å²) < 4.78 is 10.6. The lowest BCUT2D eigenvalue weighted by molar-refractivity contribution is -0.141. The predicted molar refractivity (Wildman–Crippen MR) is 67.8 cm³/mol. The van der Waals surface area contributed by atoms with Gasteiger partial charge in [-0.3, -0.25) is 4.79 Å². The second kappa shape index (κ2) is 5.07. The monoisotopic (exact) mass is 274 g/mol. The number of ether oxygens (including phenoxy) is 2. The molecule has 4 atom stereocenters. The maximum absolute atomic E-state index is 12.0. The molecule has 0 bridgehead atoms. The molecule has 2 fully saturated rings. The smallest absolute Gasteiger partial charge is 0.338 e. The Balaban J connectivity index is 1.71. The molecule has 0 radical (unpaired) electrons. The highest BCUT2D eigenvalue weighted by Gasteiger charge is 2.51. The first-order valence-corrected chi connectivity index (χ1v) is 6.60. The van der Waals surface area contributed by atoms with Crippen LogP contribution in [0.15, 0.2) is 30.3 Å². The van der Waals surface area contributed by atoms with E-state index in [4.69, 9.17) is 9.47 Å². The van der Waals surface area contributed by atoms with Gasteiger partial charge in [0.1, 0.15) is 18.5 Å². The van der Waals surface area contributed by atoms with Crippen LogP contribution in [0, 0.1) is 11.8 Å². The Kier molecular flexibility index (Phi) is 3.26. The van der Waals surface area contributed by atoms with Crippen LogP contribution in [0.25, 0.3) is 0 Å². The first-order chi connectivity index (χ1) is 9.69. The van der Waals surface area contributed by atoms with E-state index in [0.717, 1.165) is 6.29 Å². The van der Waals surface area contributed by atoms with Crippen molar-refractivity contribution in [1.29, 1.82) is 0 Å². The van der Waals surface area contributed by atoms with Gasteiger partial charge in [-0.2, -0.15) is 0 Å². The van der Waals surface area contributed by atoms with Gasteiger partial charge in [-0.1, -0.05) is 18.2 Å². The number of fused-ring (bicyclic) bond motifs is 1. The molecule has 1 saturated heterocycles. The number of carbonyl (C=O) groups is 3. The number of carbonyl (C=O) groups excluding carboxylic acids is 3. The second-order valence-electron chi connectivity index (χ2n) is 5.16. The molecule has 5 heteroatoms. The molecule has 1 aliphatic carbocycles. The fourth-order valence-corrected chi connectivity index (χ4v) is 2.99. The van der Waals surface area contributed by atoms with Gasteiger partial charge in [0.2, 0.25) is 0 Å². The van der Waals surface area contributed by atoms with Crippen molar-refractivity contribution in [2.24, 2.45) is 11.8 Å². The number of aldehydes is 1. The van der Waals surface area contributed by atoms with Gasteiger partial charge in [0.05, 0.1) is 17.9 Å². The molecule has 1 saturated carbocycles. The van der Waals surface area contributed by atoms with E-state index in [9.17, 15) is 14.4 Å². The van der Waals surface area contributed by atoms with Gasteiger partial charge < -0.3 is 14.3 Å². The third-order valence-electron chi connectivity index (χ3n) is 3.98. The van der Waals surface area contributed by atoms with Crippen molar-refractivity contribution < 1.29 is 23.9 Å². The second-order valence-corrected chi connectivity index (χ2v) is 5.16. The summed E-state index contributed by atoms with van der Waals surface area (Å²) in [7, 11) is 0. The van der Waals surface area contributed by atoms with Gasteiger partial charge in [-0.05, 0) is 12.1 Å². The maximum Gasteiger partial charge on any atom is 0.338 e. The number of hydrogen-bond acceptors (Lipinski definition) is 5. The van der Waals surface area contributed by atoms with Crippen molar-refractivity contribution in [3.63, 3.8) is 0 Å². The molecule has 104 valence electrons. The van der Waals surface area contributed by atoms with E-state index in [1.54, 1.807) is 24.3 Å². The first-order valence-electron chi connectivity index (χ1n) is 6.60. The van der Waals surface area contributed by atoms with Crippen molar-refractivity contribution >= 4 is 18.2 Å². The van der Waals surface area contributed by atoms with Crippen LogP contribution in [0.1, 0.15) is 23.2 Å². The lowest BCUT2D eigenvalue weighted by atomic mass is 9.93. The number of esters is 2. The van der Waals surface area contributed by atoms with E-state index < -0.39 is 18.0 Å². The molecule has 5 nitrogen and oxygen atoms in total. The van der Waals surface area contributed by atoms with Crippen LogP contribution in [-0.2, 0) is 19.1 Å². The Morgan fingerprint density at radius 2 is 2.05 bits per heavy atom. The summed E-state index contributed by atoms with van der Waals surface area (Å²) in [6, 6.07) is 8.63. The topological polar surface area (TPSA) is 69.7 Å². The molecule has 0 unspecified atom stereocenters. The van der Waals surface area contributed by atoms with Crippen LogP contribution in [0.2, 0.25) is 0 Å². The highest BCUT2D eigenvalue weighted by molar-refractivity contribution is 5.89. The molecular weight excluding hydrogens is 260 g/mol. The quantitative estimate of drug-likeness (QED) is 0.615. The number of benzene rings is 1. The van der Waals surface area contributed by atoms with E-state index in [2.05, 4.69) is 0 Å². The van der Waals surface area contributed by atoms with Crippen molar-refractivity contribution in [3.8, 4) is 0 Å². The van der Waals surface area contributed by atoms with Crippen LogP contribution < -0.4 is 0 Å². The van der Waals surface area contributed by atoms with E-state index in [1.807, 2.05) is 6.07 Å². The Morgan fingerprint density at radius 1 is 1.30 bits per heavy atom. The zero-order chi connectivity index (χ0) is 14.1. The lowest BCUT2D eigenvalue weighted by Crippen LogP contribution is -2.27. The van der Waals surface area contributed by atoms with Gasteiger partial charge in [-0.25, -0.2) is 4.79 Å². The third kappa shape index (κ3) is 2.19. The fourth-order valence-electron chi connectivity index (χ4n) is 2.99. The molecule has 0 aromatic heterocycles. The molecule has 2 aliphatic rings. The Labute approximate surface area is 115 Å². The third-order valence-corrected chi connectivity index (χ3v) is 3.98. The van der Waals surface area contributed by atoms with Crippen LogP contribution in [0.4, 0.5) is 0 Å². The SMILES string of the molecule is O=C[C@H]1[C@H]2CC(=O)O[C@H]2C[C@H]1OC(=O)c1ccccc1. The normalized spacial score (nSPS) is 31.5. The number of hydrogen-bond donors (Lipinski definition) is 0. The minimum Gasteiger partial charge on any atom is -0.462 e. The van der Waals surface area contributed by atoms with E-state index in [-0.39, 0.29) is 24.4 Å². The summed E-state index contributed by atoms with van der Waals surface area (Å²) in [5.74, 6) is -1.35. The summed E-state index contributed by atoms with van der Waals surface area (Å²) in [6.07, 6.45) is 0.594. The molecular formula is C15H14O5. The summed E-state index contributed by atoms with van der Waals surface area (Å²) in [6.45, 7) is 0. The van der Waals surface area contributed by atoms with Crippen LogP contribution in [-0.4, -0.2) is 30.4 Å². The van der Waals surface area contributed by atoms with Gasteiger partial charge in [0.15, 0.2) is 0 Å². The molecule has 1 heterocycles. The van der Waals surface area contributed by atoms with Crippen molar-refractivity contribution in [2.75, 3.05) is 0 Å². The summed E-state index contributed by atoms with van der Waals surface area (Å²) >= 11 is 0. The van der Waals surface area contributed by atoms with Gasteiger partial charge in [0, 0.05) is 12.3 Å². The fraction of sp³-hybridized carbons (Fsp3) is 0.400. The Hall–Kier alpha value is -2.17. The van der Waals surface area contributed by atoms with Crippen molar-refractivity contribution in [3.05, 3.63) is 35.9 Å². The molecule has 1 aliphatic heterocycles. The summed E-state index contributed by atoms with van der Waals surface area (Å²) in [5, 5.41) is 0. The van der Waals surface area contributed by atoms with Crippen LogP contribution in [0.3, 0.4) is 0 Å². The zero-order valence-corrected chi connectivity index (χ0v) is 10.7. The van der Waals surface area contributed by atoms with Crippen LogP contribution >= 0.6 is 0 Å². The Bertz CT molecular complexity index is 538. The Morgan fingerprint density at radius 3 is 2.75 bits per heavy atom. The number of rotatable bonds is 3. The van der Waals surface area contributed by atoms with Gasteiger partial charge in [0.25, 0.3) is 0 Å².